The Bertz CT molecular complexity index is 1130. The Hall–Kier alpha value is -2.92. The molecule has 3 aromatic rings. The molecule has 1 N–H and O–H groups in total. The van der Waals surface area contributed by atoms with Gasteiger partial charge in [0.25, 0.3) is 5.56 Å². The lowest BCUT2D eigenvalue weighted by Crippen LogP contribution is -3.13. The zero-order valence-corrected chi connectivity index (χ0v) is 18.1. The highest BCUT2D eigenvalue weighted by Crippen LogP contribution is 2.37. The van der Waals surface area contributed by atoms with Crippen molar-refractivity contribution in [3.8, 4) is 11.1 Å². The summed E-state index contributed by atoms with van der Waals surface area (Å²) in [6.45, 7) is 3.75. The monoisotopic (exact) mass is 418 g/mol. The highest BCUT2D eigenvalue weighted by molar-refractivity contribution is 5.69. The molecule has 160 valence electrons. The molecule has 31 heavy (non-hydrogen) atoms. The zero-order valence-electron chi connectivity index (χ0n) is 18.1. The predicted octanol–water partition coefficient (Wildman–Crippen LogP) is 2.92. The van der Waals surface area contributed by atoms with Gasteiger partial charge in [0.15, 0.2) is 0 Å². The Morgan fingerprint density at radius 3 is 2.45 bits per heavy atom. The quantitative estimate of drug-likeness (QED) is 0.706. The van der Waals surface area contributed by atoms with E-state index in [4.69, 9.17) is 0 Å². The molecule has 4 nitrogen and oxygen atoms in total. The fourth-order valence-corrected chi connectivity index (χ4v) is 5.46. The third kappa shape index (κ3) is 3.90. The summed E-state index contributed by atoms with van der Waals surface area (Å²) in [7, 11) is 4.08. The first-order valence-corrected chi connectivity index (χ1v) is 11.1. The highest BCUT2D eigenvalue weighted by Gasteiger charge is 2.38. The minimum Gasteiger partial charge on any atom is -0.378 e. The van der Waals surface area contributed by atoms with Crippen LogP contribution in [-0.4, -0.2) is 31.8 Å². The molecule has 3 atom stereocenters. The van der Waals surface area contributed by atoms with Crippen LogP contribution >= 0.6 is 0 Å². The lowest BCUT2D eigenvalue weighted by atomic mass is 9.80. The first kappa shape index (κ1) is 20.0. The highest BCUT2D eigenvalue weighted by atomic mass is 19.1. The number of aromatic nitrogens is 1. The lowest BCUT2D eigenvalue weighted by Gasteiger charge is -2.41. The Kier molecular flexibility index (Phi) is 5.14. The fourth-order valence-electron chi connectivity index (χ4n) is 5.46. The van der Waals surface area contributed by atoms with Gasteiger partial charge in [-0.15, -0.1) is 0 Å². The van der Waals surface area contributed by atoms with E-state index in [0.717, 1.165) is 32.6 Å². The van der Waals surface area contributed by atoms with Gasteiger partial charge in [0, 0.05) is 61.1 Å². The first-order valence-electron chi connectivity index (χ1n) is 11.1. The molecule has 2 aliphatic heterocycles. The minimum absolute atomic E-state index is 0.111. The van der Waals surface area contributed by atoms with E-state index >= 15 is 0 Å². The van der Waals surface area contributed by atoms with Gasteiger partial charge in [0.1, 0.15) is 12.4 Å². The van der Waals surface area contributed by atoms with E-state index in [-0.39, 0.29) is 11.4 Å². The van der Waals surface area contributed by atoms with Crippen molar-refractivity contribution in [3.63, 3.8) is 0 Å². The van der Waals surface area contributed by atoms with E-state index in [1.807, 2.05) is 36.9 Å². The molecule has 1 aromatic heterocycles. The molecule has 2 aliphatic rings. The molecule has 1 saturated heterocycles. The van der Waals surface area contributed by atoms with Crippen molar-refractivity contribution in [2.75, 3.05) is 32.1 Å². The number of hydrogen-bond donors (Lipinski definition) is 1. The second kappa shape index (κ2) is 7.97. The van der Waals surface area contributed by atoms with Crippen molar-refractivity contribution in [2.45, 2.75) is 25.4 Å². The maximum absolute atomic E-state index is 13.3. The van der Waals surface area contributed by atoms with Crippen LogP contribution in [0.15, 0.2) is 65.5 Å². The predicted molar refractivity (Wildman–Crippen MR) is 122 cm³/mol. The summed E-state index contributed by atoms with van der Waals surface area (Å²) in [5, 5.41) is 0. The van der Waals surface area contributed by atoms with Gasteiger partial charge >= 0.3 is 0 Å². The zero-order chi connectivity index (χ0) is 21.5. The maximum Gasteiger partial charge on any atom is 0.250 e. The number of benzene rings is 2. The number of nitrogens with one attached hydrogen (secondary N) is 1. The van der Waals surface area contributed by atoms with E-state index in [1.54, 1.807) is 18.2 Å². The van der Waals surface area contributed by atoms with Crippen molar-refractivity contribution in [1.82, 2.24) is 4.57 Å². The van der Waals surface area contributed by atoms with Crippen molar-refractivity contribution in [3.05, 3.63) is 88.1 Å². The Morgan fingerprint density at radius 1 is 1.00 bits per heavy atom. The van der Waals surface area contributed by atoms with Crippen LogP contribution in [-0.2, 0) is 13.1 Å². The van der Waals surface area contributed by atoms with Crippen LogP contribution in [0.4, 0.5) is 10.1 Å². The van der Waals surface area contributed by atoms with E-state index in [1.165, 1.54) is 33.0 Å². The topological polar surface area (TPSA) is 29.7 Å². The molecule has 0 saturated carbocycles. The van der Waals surface area contributed by atoms with Gasteiger partial charge in [0.05, 0.1) is 13.1 Å². The molecule has 5 heteroatoms. The lowest BCUT2D eigenvalue weighted by molar-refractivity contribution is -0.924. The number of hydrogen-bond acceptors (Lipinski definition) is 2. The third-order valence-electron chi connectivity index (χ3n) is 6.85. The molecule has 1 fully saturated rings. The van der Waals surface area contributed by atoms with E-state index < -0.39 is 0 Å². The van der Waals surface area contributed by atoms with Gasteiger partial charge in [0.2, 0.25) is 0 Å². The van der Waals surface area contributed by atoms with Crippen LogP contribution in [0.25, 0.3) is 11.1 Å². The summed E-state index contributed by atoms with van der Waals surface area (Å²) in [5.41, 5.74) is 5.98. The van der Waals surface area contributed by atoms with Gasteiger partial charge in [-0.3, -0.25) is 4.79 Å². The van der Waals surface area contributed by atoms with Gasteiger partial charge in [-0.1, -0.05) is 24.3 Å². The number of nitrogens with zero attached hydrogens (tertiary/aromatic N) is 2. The molecule has 0 spiro atoms. The number of fused-ring (bicyclic) bond motifs is 4. The molecule has 5 rings (SSSR count). The van der Waals surface area contributed by atoms with Crippen LogP contribution in [0.5, 0.6) is 0 Å². The number of piperidine rings is 1. The molecule has 0 amide bonds. The van der Waals surface area contributed by atoms with Crippen molar-refractivity contribution in [2.24, 2.45) is 5.92 Å². The smallest absolute Gasteiger partial charge is 0.250 e. The van der Waals surface area contributed by atoms with Crippen LogP contribution in [0.3, 0.4) is 0 Å². The molecular weight excluding hydrogens is 389 g/mol. The normalized spacial score (nSPS) is 22.1. The maximum atomic E-state index is 13.3. The average molecular weight is 419 g/mol. The minimum atomic E-state index is -0.188. The number of pyridine rings is 1. The standard InChI is InChI=1S/C26H28FN3O/c1-28(2)23-9-5-20(6-10-23)24-11-12-25(31)30-16-19-13-21(26(24)30)17-29(15-19)14-18-3-7-22(27)8-4-18/h3-12,19,21H,13-17H2,1-2H3/p+1/t19-,21+/m0/s1. The number of likely N-dealkylation sites (tertiary alicyclic amines) is 1. The van der Waals surface area contributed by atoms with Gasteiger partial charge < -0.3 is 14.4 Å². The number of rotatable bonds is 4. The van der Waals surface area contributed by atoms with Gasteiger partial charge in [-0.2, -0.15) is 0 Å². The van der Waals surface area contributed by atoms with Crippen LogP contribution in [0.1, 0.15) is 23.6 Å². The summed E-state index contributed by atoms with van der Waals surface area (Å²) in [6, 6.07) is 19.2. The molecule has 0 aliphatic carbocycles. The second-order valence-electron chi connectivity index (χ2n) is 9.28. The van der Waals surface area contributed by atoms with E-state index in [2.05, 4.69) is 29.2 Å². The summed E-state index contributed by atoms with van der Waals surface area (Å²) in [5.74, 6) is 0.679. The van der Waals surface area contributed by atoms with Gasteiger partial charge in [-0.05, 0) is 42.3 Å². The third-order valence-corrected chi connectivity index (χ3v) is 6.85. The number of quaternary nitrogens is 1. The molecule has 2 aromatic carbocycles. The summed E-state index contributed by atoms with van der Waals surface area (Å²) >= 11 is 0. The van der Waals surface area contributed by atoms with Crippen molar-refractivity contribution < 1.29 is 9.29 Å². The Balaban J connectivity index is 1.48. The summed E-state index contributed by atoms with van der Waals surface area (Å²) in [4.78, 5) is 16.4. The van der Waals surface area contributed by atoms with Gasteiger partial charge in [-0.25, -0.2) is 4.39 Å². The Morgan fingerprint density at radius 2 is 1.74 bits per heavy atom. The summed E-state index contributed by atoms with van der Waals surface area (Å²) in [6.07, 6.45) is 1.14. The second-order valence-corrected chi connectivity index (χ2v) is 9.28. The molecular formula is C26H29FN3O+. The molecule has 3 heterocycles. The largest absolute Gasteiger partial charge is 0.378 e. The first-order chi connectivity index (χ1) is 15.0. The number of halogens is 1. The fraction of sp³-hybridized carbons (Fsp3) is 0.346. The SMILES string of the molecule is CN(C)c1ccc(-c2ccc(=O)n3c2[C@@H]2C[C@H](C3)C[NH+](Cc3ccc(F)cc3)C2)cc1. The van der Waals surface area contributed by atoms with Crippen LogP contribution < -0.4 is 15.4 Å². The number of anilines is 1. The molecule has 0 radical (unpaired) electrons. The van der Waals surface area contributed by atoms with Crippen LogP contribution in [0.2, 0.25) is 0 Å². The van der Waals surface area contributed by atoms with Crippen molar-refractivity contribution in [1.29, 1.82) is 0 Å². The Labute approximate surface area is 182 Å². The average Bonchev–Trinajstić information content (AvgIpc) is 2.76. The molecule has 1 unspecified atom stereocenters. The molecule has 2 bridgehead atoms. The summed E-state index contributed by atoms with van der Waals surface area (Å²) < 4.78 is 15.3. The van der Waals surface area contributed by atoms with Crippen LogP contribution in [0, 0.1) is 11.7 Å². The van der Waals surface area contributed by atoms with E-state index in [9.17, 15) is 9.18 Å². The van der Waals surface area contributed by atoms with Crippen molar-refractivity contribution >= 4 is 5.69 Å². The van der Waals surface area contributed by atoms with E-state index in [0.29, 0.717) is 11.8 Å².